The summed E-state index contributed by atoms with van der Waals surface area (Å²) in [4.78, 5) is 29.3. The van der Waals surface area contributed by atoms with Crippen LogP contribution in [0.4, 0.5) is 5.13 Å². The van der Waals surface area contributed by atoms with Gasteiger partial charge in [-0.1, -0.05) is 60.1 Å². The van der Waals surface area contributed by atoms with Crippen molar-refractivity contribution in [2.75, 3.05) is 11.4 Å². The Morgan fingerprint density at radius 2 is 1.74 bits per heavy atom. The largest absolute Gasteiger partial charge is 0.481 e. The van der Waals surface area contributed by atoms with Crippen LogP contribution < -0.4 is 4.90 Å². The van der Waals surface area contributed by atoms with Crippen LogP contribution in [-0.4, -0.2) is 50.9 Å². The minimum atomic E-state index is -1.24. The summed E-state index contributed by atoms with van der Waals surface area (Å²) in [7, 11) is 0. The maximum Gasteiger partial charge on any atom is 0.303 e. The van der Waals surface area contributed by atoms with Crippen molar-refractivity contribution in [1.82, 2.24) is 4.98 Å². The number of hydrogen-bond donors (Lipinski definition) is 3. The molecule has 0 aliphatic rings. The Morgan fingerprint density at radius 3 is 2.38 bits per heavy atom. The van der Waals surface area contributed by atoms with E-state index in [1.54, 1.807) is 11.4 Å². The number of carboxylic acids is 1. The van der Waals surface area contributed by atoms with Gasteiger partial charge in [-0.15, -0.1) is 11.3 Å². The molecular weight excluding hydrogens is 476 g/mol. The fraction of sp³-hybridized carbons (Fsp3) is 0.320. The Kier molecular flexibility index (Phi) is 9.18. The molecule has 180 valence electrons. The number of benzene rings is 2. The Hall–Kier alpha value is -2.78. The summed E-state index contributed by atoms with van der Waals surface area (Å²) in [5.41, 5.74) is 2.24. The van der Waals surface area contributed by atoms with Gasteiger partial charge in [0.2, 0.25) is 5.91 Å². The van der Waals surface area contributed by atoms with Gasteiger partial charge in [-0.25, -0.2) is 4.98 Å². The predicted octanol–water partition coefficient (Wildman–Crippen LogP) is 4.58. The molecule has 0 saturated carbocycles. The first kappa shape index (κ1) is 25.8. The molecule has 2 aromatic carbocycles. The second kappa shape index (κ2) is 12.1. The van der Waals surface area contributed by atoms with Crippen LogP contribution in [0.5, 0.6) is 0 Å². The summed E-state index contributed by atoms with van der Waals surface area (Å²) in [6.07, 6.45) is -1.97. The number of rotatable bonds is 11. The molecule has 34 heavy (non-hydrogen) atoms. The lowest BCUT2D eigenvalue weighted by Gasteiger charge is -2.27. The van der Waals surface area contributed by atoms with Crippen molar-refractivity contribution in [3.63, 3.8) is 0 Å². The minimum Gasteiger partial charge on any atom is -0.481 e. The fourth-order valence-electron chi connectivity index (χ4n) is 3.72. The molecular formula is C25H27ClN2O5S. The SMILES string of the molecule is CC(=O)N(C[C@H](O)[C@H](O)C[C@@H](CCC(=O)O)c1ccccc1)c1nc(-c2ccccc2Cl)cs1. The van der Waals surface area contributed by atoms with Crippen molar-refractivity contribution in [3.8, 4) is 11.3 Å². The van der Waals surface area contributed by atoms with E-state index in [1.807, 2.05) is 48.5 Å². The molecule has 0 aliphatic heterocycles. The van der Waals surface area contributed by atoms with Gasteiger partial charge in [-0.05, 0) is 30.4 Å². The van der Waals surface area contributed by atoms with Crippen LogP contribution in [0.2, 0.25) is 5.02 Å². The summed E-state index contributed by atoms with van der Waals surface area (Å²) in [5, 5.41) is 33.3. The van der Waals surface area contributed by atoms with Gasteiger partial charge in [0.15, 0.2) is 5.13 Å². The molecule has 0 spiro atoms. The van der Waals surface area contributed by atoms with Gasteiger partial charge in [0, 0.05) is 29.3 Å². The molecule has 3 N–H and O–H groups in total. The number of aliphatic hydroxyl groups excluding tert-OH is 2. The number of carboxylic acid groups (broad SMARTS) is 1. The monoisotopic (exact) mass is 502 g/mol. The van der Waals surface area contributed by atoms with E-state index in [2.05, 4.69) is 4.98 Å². The first-order valence-corrected chi connectivity index (χ1v) is 12.1. The highest BCUT2D eigenvalue weighted by Gasteiger charge is 2.27. The second-order valence-corrected chi connectivity index (χ2v) is 9.28. The number of amides is 1. The van der Waals surface area contributed by atoms with E-state index in [4.69, 9.17) is 16.7 Å². The second-order valence-electron chi connectivity index (χ2n) is 8.04. The number of hydrogen-bond acceptors (Lipinski definition) is 6. The number of halogens is 1. The third-order valence-corrected chi connectivity index (χ3v) is 6.76. The number of carbonyl (C=O) groups excluding carboxylic acids is 1. The van der Waals surface area contributed by atoms with Crippen LogP contribution in [0.15, 0.2) is 60.0 Å². The predicted molar refractivity (Wildman–Crippen MR) is 133 cm³/mol. The van der Waals surface area contributed by atoms with E-state index in [1.165, 1.54) is 23.2 Å². The van der Waals surface area contributed by atoms with Crippen molar-refractivity contribution in [3.05, 3.63) is 70.6 Å². The summed E-state index contributed by atoms with van der Waals surface area (Å²) in [5.74, 6) is -1.49. The lowest BCUT2D eigenvalue weighted by molar-refractivity contribution is -0.137. The molecule has 3 atom stereocenters. The van der Waals surface area contributed by atoms with Gasteiger partial charge in [-0.3, -0.25) is 14.5 Å². The maximum absolute atomic E-state index is 12.3. The first-order chi connectivity index (χ1) is 16.3. The van der Waals surface area contributed by atoms with E-state index in [-0.39, 0.29) is 31.2 Å². The van der Waals surface area contributed by atoms with Crippen LogP contribution >= 0.6 is 22.9 Å². The maximum atomic E-state index is 12.3. The number of nitrogens with zero attached hydrogens (tertiary/aromatic N) is 2. The molecule has 0 bridgehead atoms. The highest BCUT2D eigenvalue weighted by molar-refractivity contribution is 7.14. The van der Waals surface area contributed by atoms with Gasteiger partial charge in [0.25, 0.3) is 0 Å². The van der Waals surface area contributed by atoms with Crippen LogP contribution in [0.1, 0.15) is 37.7 Å². The average Bonchev–Trinajstić information content (AvgIpc) is 3.29. The fourth-order valence-corrected chi connectivity index (χ4v) is 4.83. The molecule has 1 amide bonds. The first-order valence-electron chi connectivity index (χ1n) is 10.9. The van der Waals surface area contributed by atoms with Crippen LogP contribution in [-0.2, 0) is 9.59 Å². The van der Waals surface area contributed by atoms with E-state index in [9.17, 15) is 19.8 Å². The van der Waals surface area contributed by atoms with Crippen molar-refractivity contribution >= 4 is 39.9 Å². The molecule has 0 saturated heterocycles. The molecule has 7 nitrogen and oxygen atoms in total. The smallest absolute Gasteiger partial charge is 0.303 e. The third kappa shape index (κ3) is 6.87. The van der Waals surface area contributed by atoms with E-state index >= 15 is 0 Å². The summed E-state index contributed by atoms with van der Waals surface area (Å²) in [6, 6.07) is 16.6. The molecule has 0 aliphatic carbocycles. The van der Waals surface area contributed by atoms with Gasteiger partial charge in [0.1, 0.15) is 0 Å². The molecule has 0 radical (unpaired) electrons. The van der Waals surface area contributed by atoms with Crippen molar-refractivity contribution in [2.45, 2.75) is 44.3 Å². The molecule has 9 heteroatoms. The number of carbonyl (C=O) groups is 2. The van der Waals surface area contributed by atoms with Gasteiger partial charge in [-0.2, -0.15) is 0 Å². The zero-order chi connectivity index (χ0) is 24.7. The summed E-state index contributed by atoms with van der Waals surface area (Å²) >= 11 is 7.50. The molecule has 1 heterocycles. The van der Waals surface area contributed by atoms with E-state index in [0.717, 1.165) is 11.1 Å². The van der Waals surface area contributed by atoms with Crippen LogP contribution in [0, 0.1) is 0 Å². The van der Waals surface area contributed by atoms with Crippen LogP contribution in [0.3, 0.4) is 0 Å². The van der Waals surface area contributed by atoms with Gasteiger partial charge in [0.05, 0.1) is 24.4 Å². The number of thiazole rings is 1. The summed E-state index contributed by atoms with van der Waals surface area (Å²) < 4.78 is 0. The van der Waals surface area contributed by atoms with Crippen molar-refractivity contribution in [2.24, 2.45) is 0 Å². The lowest BCUT2D eigenvalue weighted by Crippen LogP contribution is -2.42. The Balaban J connectivity index is 1.72. The molecule has 3 aromatic rings. The highest BCUT2D eigenvalue weighted by atomic mass is 35.5. The highest BCUT2D eigenvalue weighted by Crippen LogP contribution is 2.32. The van der Waals surface area contributed by atoms with E-state index in [0.29, 0.717) is 22.3 Å². The minimum absolute atomic E-state index is 0.0497. The van der Waals surface area contributed by atoms with Gasteiger partial charge < -0.3 is 15.3 Å². The van der Waals surface area contributed by atoms with E-state index < -0.39 is 18.2 Å². The van der Waals surface area contributed by atoms with Crippen molar-refractivity contribution in [1.29, 1.82) is 0 Å². The standard InChI is InChI=1S/C25H27ClN2O5S/c1-16(29)28(25-27-21(15-34-25)19-9-5-6-10-20(19)26)14-23(31)22(30)13-18(11-12-24(32)33)17-7-3-2-4-8-17/h2-10,15,18,22-23,30-31H,11-14H2,1H3,(H,32,33)/t18-,22-,23+/m1/s1. The molecule has 0 unspecified atom stereocenters. The average molecular weight is 503 g/mol. The Bertz CT molecular complexity index is 1110. The lowest BCUT2D eigenvalue weighted by atomic mass is 9.87. The normalized spacial score (nSPS) is 13.8. The molecule has 3 rings (SSSR count). The molecule has 0 fully saturated rings. The zero-order valence-corrected chi connectivity index (χ0v) is 20.2. The number of aliphatic hydroxyl groups is 2. The number of anilines is 1. The number of aromatic nitrogens is 1. The molecule has 1 aromatic heterocycles. The van der Waals surface area contributed by atoms with Gasteiger partial charge >= 0.3 is 5.97 Å². The zero-order valence-electron chi connectivity index (χ0n) is 18.7. The Labute approximate surface area is 207 Å². The summed E-state index contributed by atoms with van der Waals surface area (Å²) in [6.45, 7) is 1.22. The number of aliphatic carboxylic acids is 1. The third-order valence-electron chi connectivity index (χ3n) is 5.57. The van der Waals surface area contributed by atoms with Crippen LogP contribution in [0.25, 0.3) is 11.3 Å². The van der Waals surface area contributed by atoms with Crippen molar-refractivity contribution < 1.29 is 24.9 Å². The topological polar surface area (TPSA) is 111 Å². The quantitative estimate of drug-likeness (QED) is 0.354. The Morgan fingerprint density at radius 1 is 1.06 bits per heavy atom.